The molecule has 30 heavy (non-hydrogen) atoms. The van der Waals surface area contributed by atoms with Crippen LogP contribution in [-0.2, 0) is 11.3 Å². The molecule has 0 bridgehead atoms. The van der Waals surface area contributed by atoms with E-state index in [4.69, 9.17) is 0 Å². The molecule has 0 saturated carbocycles. The number of nitrogens with zero attached hydrogens (tertiary/aromatic N) is 3. The Morgan fingerprint density at radius 2 is 1.37 bits per heavy atom. The number of imide groups is 1. The molecule has 0 spiro atoms. The standard InChI is InChI=1S/C23H25N3O3.ClH/c27-21(25-15-13-24(14-16-25)17-18-7-2-1-3-8-18)11-6-12-26-22(28)19-9-4-5-10-20(19)23(26)29;/h1-5,7-10H,6,11-17H2;1H. The predicted octanol–water partition coefficient (Wildman–Crippen LogP) is 2.83. The van der Waals surface area contributed by atoms with E-state index in [1.807, 2.05) is 23.1 Å². The fourth-order valence-corrected chi connectivity index (χ4v) is 3.99. The van der Waals surface area contributed by atoms with Crippen LogP contribution in [0.1, 0.15) is 39.1 Å². The molecule has 3 amide bonds. The van der Waals surface area contributed by atoms with Crippen molar-refractivity contribution in [2.45, 2.75) is 19.4 Å². The number of benzene rings is 2. The molecular formula is C23H26ClN3O3. The number of amides is 3. The summed E-state index contributed by atoms with van der Waals surface area (Å²) < 4.78 is 0. The second kappa shape index (κ2) is 9.87. The number of piperazine rings is 1. The van der Waals surface area contributed by atoms with Gasteiger partial charge in [0.25, 0.3) is 11.8 Å². The fourth-order valence-electron chi connectivity index (χ4n) is 3.99. The van der Waals surface area contributed by atoms with Gasteiger partial charge in [-0.2, -0.15) is 0 Å². The summed E-state index contributed by atoms with van der Waals surface area (Å²) in [6, 6.07) is 17.2. The quantitative estimate of drug-likeness (QED) is 0.665. The van der Waals surface area contributed by atoms with Crippen LogP contribution >= 0.6 is 12.4 Å². The van der Waals surface area contributed by atoms with E-state index in [0.717, 1.165) is 32.7 Å². The lowest BCUT2D eigenvalue weighted by Crippen LogP contribution is -2.48. The zero-order valence-corrected chi connectivity index (χ0v) is 17.6. The number of halogens is 1. The van der Waals surface area contributed by atoms with Crippen LogP contribution < -0.4 is 0 Å². The number of hydrogen-bond acceptors (Lipinski definition) is 4. The maximum absolute atomic E-state index is 12.5. The first-order valence-corrected chi connectivity index (χ1v) is 10.1. The Bertz CT molecular complexity index is 876. The first-order chi connectivity index (χ1) is 14.1. The van der Waals surface area contributed by atoms with Crippen LogP contribution in [0, 0.1) is 0 Å². The van der Waals surface area contributed by atoms with Gasteiger partial charge in [0.05, 0.1) is 11.1 Å². The summed E-state index contributed by atoms with van der Waals surface area (Å²) in [6.45, 7) is 4.35. The summed E-state index contributed by atoms with van der Waals surface area (Å²) in [7, 11) is 0. The normalized spacial score (nSPS) is 16.4. The van der Waals surface area contributed by atoms with Crippen LogP contribution in [0.3, 0.4) is 0 Å². The summed E-state index contributed by atoms with van der Waals surface area (Å²) in [5.41, 5.74) is 2.20. The molecule has 0 radical (unpaired) electrons. The molecule has 2 aromatic carbocycles. The van der Waals surface area contributed by atoms with Gasteiger partial charge >= 0.3 is 0 Å². The molecule has 0 unspecified atom stereocenters. The van der Waals surface area contributed by atoms with Crippen molar-refractivity contribution in [3.05, 3.63) is 71.3 Å². The van der Waals surface area contributed by atoms with E-state index in [-0.39, 0.29) is 36.7 Å². The molecule has 7 heteroatoms. The van der Waals surface area contributed by atoms with Gasteiger partial charge in [-0.15, -0.1) is 12.4 Å². The first kappa shape index (κ1) is 22.0. The van der Waals surface area contributed by atoms with Crippen LogP contribution in [-0.4, -0.2) is 65.1 Å². The van der Waals surface area contributed by atoms with Gasteiger partial charge in [-0.05, 0) is 24.1 Å². The second-order valence-corrected chi connectivity index (χ2v) is 7.55. The molecule has 1 fully saturated rings. The van der Waals surface area contributed by atoms with Gasteiger partial charge < -0.3 is 4.90 Å². The molecule has 0 aliphatic carbocycles. The molecule has 2 aromatic rings. The van der Waals surface area contributed by atoms with E-state index < -0.39 is 0 Å². The highest BCUT2D eigenvalue weighted by Crippen LogP contribution is 2.22. The molecule has 0 atom stereocenters. The van der Waals surface area contributed by atoms with Gasteiger partial charge in [0.2, 0.25) is 5.91 Å². The van der Waals surface area contributed by atoms with Crippen molar-refractivity contribution in [1.29, 1.82) is 0 Å². The van der Waals surface area contributed by atoms with Gasteiger partial charge in [0.15, 0.2) is 0 Å². The van der Waals surface area contributed by atoms with E-state index in [0.29, 0.717) is 24.0 Å². The lowest BCUT2D eigenvalue weighted by atomic mass is 10.1. The highest BCUT2D eigenvalue weighted by atomic mass is 35.5. The van der Waals surface area contributed by atoms with Gasteiger partial charge in [-0.25, -0.2) is 0 Å². The van der Waals surface area contributed by atoms with Crippen molar-refractivity contribution in [1.82, 2.24) is 14.7 Å². The average Bonchev–Trinajstić information content (AvgIpc) is 3.00. The monoisotopic (exact) mass is 427 g/mol. The Balaban J connectivity index is 0.00000256. The van der Waals surface area contributed by atoms with Crippen LogP contribution in [0.5, 0.6) is 0 Å². The molecule has 0 aromatic heterocycles. The highest BCUT2D eigenvalue weighted by molar-refractivity contribution is 6.21. The third-order valence-corrected chi connectivity index (χ3v) is 5.62. The molecule has 0 N–H and O–H groups in total. The van der Waals surface area contributed by atoms with Gasteiger partial charge in [0, 0.05) is 45.7 Å². The Hall–Kier alpha value is -2.70. The van der Waals surface area contributed by atoms with Crippen molar-refractivity contribution >= 4 is 30.1 Å². The van der Waals surface area contributed by atoms with E-state index in [1.54, 1.807) is 24.3 Å². The lowest BCUT2D eigenvalue weighted by molar-refractivity contribution is -0.133. The zero-order valence-electron chi connectivity index (χ0n) is 16.8. The number of hydrogen-bond donors (Lipinski definition) is 0. The van der Waals surface area contributed by atoms with Crippen molar-refractivity contribution in [2.24, 2.45) is 0 Å². The SMILES string of the molecule is Cl.O=C(CCCN1C(=O)c2ccccc2C1=O)N1CCN(Cc2ccccc2)CC1. The predicted molar refractivity (Wildman–Crippen MR) is 117 cm³/mol. The molecule has 1 saturated heterocycles. The van der Waals surface area contributed by atoms with Crippen LogP contribution in [0.4, 0.5) is 0 Å². The lowest BCUT2D eigenvalue weighted by Gasteiger charge is -2.35. The van der Waals surface area contributed by atoms with Gasteiger partial charge in [-0.1, -0.05) is 42.5 Å². The van der Waals surface area contributed by atoms with Crippen LogP contribution in [0.2, 0.25) is 0 Å². The third-order valence-electron chi connectivity index (χ3n) is 5.62. The molecule has 4 rings (SSSR count). The van der Waals surface area contributed by atoms with E-state index in [9.17, 15) is 14.4 Å². The van der Waals surface area contributed by atoms with E-state index in [1.165, 1.54) is 10.5 Å². The highest BCUT2D eigenvalue weighted by Gasteiger charge is 2.34. The Labute approximate surface area is 182 Å². The smallest absolute Gasteiger partial charge is 0.261 e. The van der Waals surface area contributed by atoms with Gasteiger partial charge in [-0.3, -0.25) is 24.2 Å². The summed E-state index contributed by atoms with van der Waals surface area (Å²) in [5.74, 6) is -0.416. The van der Waals surface area contributed by atoms with Crippen LogP contribution in [0.15, 0.2) is 54.6 Å². The van der Waals surface area contributed by atoms with Crippen LogP contribution in [0.25, 0.3) is 0 Å². The molecule has 2 heterocycles. The van der Waals surface area contributed by atoms with E-state index >= 15 is 0 Å². The molecule has 6 nitrogen and oxygen atoms in total. The maximum Gasteiger partial charge on any atom is 0.261 e. The minimum Gasteiger partial charge on any atom is -0.340 e. The Morgan fingerprint density at radius 3 is 1.97 bits per heavy atom. The molecular weight excluding hydrogens is 402 g/mol. The number of rotatable bonds is 6. The molecule has 2 aliphatic rings. The van der Waals surface area contributed by atoms with Gasteiger partial charge in [0.1, 0.15) is 0 Å². The summed E-state index contributed by atoms with van der Waals surface area (Å²) >= 11 is 0. The molecule has 2 aliphatic heterocycles. The topological polar surface area (TPSA) is 60.9 Å². The van der Waals surface area contributed by atoms with Crippen molar-refractivity contribution < 1.29 is 14.4 Å². The Morgan fingerprint density at radius 1 is 0.800 bits per heavy atom. The van der Waals surface area contributed by atoms with Crippen molar-refractivity contribution in [3.63, 3.8) is 0 Å². The third kappa shape index (κ3) is 4.71. The fraction of sp³-hybridized carbons (Fsp3) is 0.348. The minimum absolute atomic E-state index is 0. The zero-order chi connectivity index (χ0) is 20.2. The summed E-state index contributed by atoms with van der Waals surface area (Å²) in [4.78, 5) is 42.8. The number of carbonyl (C=O) groups is 3. The van der Waals surface area contributed by atoms with Crippen molar-refractivity contribution in [3.8, 4) is 0 Å². The molecule has 158 valence electrons. The Kier molecular flexibility index (Phi) is 7.24. The number of carbonyl (C=O) groups excluding carboxylic acids is 3. The second-order valence-electron chi connectivity index (χ2n) is 7.55. The average molecular weight is 428 g/mol. The summed E-state index contributed by atoms with van der Waals surface area (Å²) in [5, 5.41) is 0. The summed E-state index contributed by atoms with van der Waals surface area (Å²) in [6.07, 6.45) is 0.848. The maximum atomic E-state index is 12.5. The van der Waals surface area contributed by atoms with E-state index in [2.05, 4.69) is 17.0 Å². The number of fused-ring (bicyclic) bond motifs is 1. The minimum atomic E-state index is -0.257. The largest absolute Gasteiger partial charge is 0.340 e. The van der Waals surface area contributed by atoms with Crippen molar-refractivity contribution in [2.75, 3.05) is 32.7 Å². The first-order valence-electron chi connectivity index (χ1n) is 10.1.